The average molecular weight is 719 g/mol. The predicted octanol–water partition coefficient (Wildman–Crippen LogP) is 1.85. The van der Waals surface area contributed by atoms with Crippen LogP contribution in [0.5, 0.6) is 11.5 Å². The number of hydrogen-bond donors (Lipinski definition) is 7. The Balaban J connectivity index is 1.24. The van der Waals surface area contributed by atoms with E-state index in [2.05, 4.69) is 10.6 Å². The number of carbonyl (C=O) groups is 3. The van der Waals surface area contributed by atoms with E-state index < -0.39 is 56.1 Å². The molecule has 0 bridgehead atoms. The van der Waals surface area contributed by atoms with Gasteiger partial charge in [-0.1, -0.05) is 18.6 Å². The molecule has 0 fully saturated rings. The van der Waals surface area contributed by atoms with E-state index in [1.165, 1.54) is 18.2 Å². The van der Waals surface area contributed by atoms with Crippen LogP contribution in [0.15, 0.2) is 42.5 Å². The third-order valence-electron chi connectivity index (χ3n) is 7.59. The van der Waals surface area contributed by atoms with Crippen LogP contribution < -0.4 is 20.1 Å². The molecule has 0 saturated carbocycles. The number of ether oxygens (including phenoxy) is 3. The number of aliphatic hydroxyl groups excluding tert-OH is 1. The van der Waals surface area contributed by atoms with Crippen molar-refractivity contribution in [2.24, 2.45) is 0 Å². The Morgan fingerprint density at radius 1 is 1.06 bits per heavy atom. The summed E-state index contributed by atoms with van der Waals surface area (Å²) in [5, 5.41) is 22.2. The summed E-state index contributed by atoms with van der Waals surface area (Å²) in [5.41, 5.74) is 1.01. The Bertz CT molecular complexity index is 1490. The van der Waals surface area contributed by atoms with Crippen molar-refractivity contribution in [1.82, 2.24) is 10.6 Å². The molecule has 15 nitrogen and oxygen atoms in total. The molecule has 4 atom stereocenters. The second-order valence-corrected chi connectivity index (χ2v) is 16.0. The highest BCUT2D eigenvalue weighted by Crippen LogP contribution is 2.69. The highest BCUT2D eigenvalue weighted by molar-refractivity contribution is 7.74. The van der Waals surface area contributed by atoms with E-state index in [1.807, 2.05) is 0 Å². The molecule has 7 N–H and O–H groups in total. The van der Waals surface area contributed by atoms with E-state index in [0.29, 0.717) is 29.3 Å². The van der Waals surface area contributed by atoms with Gasteiger partial charge in [-0.15, -0.1) is 0 Å². The first kappa shape index (κ1) is 39.2. The molecule has 48 heavy (non-hydrogen) atoms. The molecule has 4 unspecified atom stereocenters. The average Bonchev–Trinajstić information content (AvgIpc) is 3.02. The van der Waals surface area contributed by atoms with Gasteiger partial charge in [0.1, 0.15) is 23.9 Å². The Morgan fingerprint density at radius 3 is 2.44 bits per heavy atom. The van der Waals surface area contributed by atoms with Gasteiger partial charge in [0.05, 0.1) is 30.8 Å². The van der Waals surface area contributed by atoms with Gasteiger partial charge >= 0.3 is 7.60 Å². The van der Waals surface area contributed by atoms with E-state index in [4.69, 9.17) is 14.2 Å². The molecule has 1 aliphatic rings. The molecule has 2 aromatic carbocycles. The van der Waals surface area contributed by atoms with Crippen LogP contribution in [0.4, 0.5) is 4.39 Å². The van der Waals surface area contributed by atoms with E-state index in [9.17, 15) is 52.8 Å². The number of unbranched alkanes of at least 4 members (excludes halogenated alkanes) is 1. The zero-order chi connectivity index (χ0) is 35.5. The van der Waals surface area contributed by atoms with Crippen LogP contribution in [0.2, 0.25) is 0 Å². The molecule has 0 spiro atoms. The Morgan fingerprint density at radius 2 is 1.77 bits per heavy atom. The minimum Gasteiger partial charge on any atom is -0.492 e. The number of nitrogens with one attached hydrogen (secondary N) is 2. The van der Waals surface area contributed by atoms with Crippen LogP contribution in [-0.2, 0) is 23.5 Å². The number of benzene rings is 2. The minimum atomic E-state index is -5.29. The standard InChI is InChI=1S/C30H41FN2O13P2/c1-47(39,40)30(38,48(41,42)43)12-3-2-4-22(34)17-33-27(35)11-14-44-15-13-32-28(36)19-45-23-9-10-24-26(16-23)46-18-25(29(24)37)20-5-7-21(31)8-6-20/h5-10,16,22,25,34,38H,2-4,11-15,17-19H2,1H3,(H,32,36)(H,33,35)(H,39,40)(H2,41,42,43). The number of ketones is 1. The Hall–Kier alpha value is -3.20. The fourth-order valence-corrected chi connectivity index (χ4v) is 7.74. The summed E-state index contributed by atoms with van der Waals surface area (Å²) < 4.78 is 53.1. The normalized spacial score (nSPS) is 17.6. The smallest absolute Gasteiger partial charge is 0.366 e. The Labute approximate surface area is 276 Å². The molecule has 0 radical (unpaired) electrons. The summed E-state index contributed by atoms with van der Waals surface area (Å²) in [6.45, 7) is 0.654. The van der Waals surface area contributed by atoms with Gasteiger partial charge in [0.15, 0.2) is 12.4 Å². The van der Waals surface area contributed by atoms with Crippen molar-refractivity contribution in [3.8, 4) is 11.5 Å². The minimum absolute atomic E-state index is 0.0189. The van der Waals surface area contributed by atoms with E-state index in [0.717, 1.165) is 0 Å². The van der Waals surface area contributed by atoms with Crippen LogP contribution >= 0.6 is 15.0 Å². The molecule has 0 aliphatic carbocycles. The summed E-state index contributed by atoms with van der Waals surface area (Å²) in [7, 11) is -9.82. The van der Waals surface area contributed by atoms with Crippen LogP contribution in [0.1, 0.15) is 53.9 Å². The van der Waals surface area contributed by atoms with E-state index in [1.54, 1.807) is 24.3 Å². The molecule has 266 valence electrons. The third-order valence-corrected chi connectivity index (χ3v) is 12.2. The first-order chi connectivity index (χ1) is 22.5. The highest BCUT2D eigenvalue weighted by atomic mass is 31.2. The lowest BCUT2D eigenvalue weighted by atomic mass is 9.89. The summed E-state index contributed by atoms with van der Waals surface area (Å²) in [5.74, 6) is -1.30. The molecule has 0 aromatic heterocycles. The van der Waals surface area contributed by atoms with Gasteiger partial charge in [0.2, 0.25) is 18.4 Å². The van der Waals surface area contributed by atoms with Crippen LogP contribution in [0.3, 0.4) is 0 Å². The Kier molecular flexibility index (Phi) is 14.3. The summed E-state index contributed by atoms with van der Waals surface area (Å²) in [6.07, 6.45) is -1.42. The summed E-state index contributed by atoms with van der Waals surface area (Å²) in [6, 6.07) is 10.3. The van der Waals surface area contributed by atoms with Gasteiger partial charge in [-0.05, 0) is 49.1 Å². The van der Waals surface area contributed by atoms with Gasteiger partial charge < -0.3 is 49.7 Å². The molecule has 1 aliphatic heterocycles. The summed E-state index contributed by atoms with van der Waals surface area (Å²) >= 11 is 0. The highest BCUT2D eigenvalue weighted by Gasteiger charge is 2.56. The molecule has 2 amide bonds. The van der Waals surface area contributed by atoms with E-state index >= 15 is 0 Å². The monoisotopic (exact) mass is 718 g/mol. The van der Waals surface area contributed by atoms with Crippen molar-refractivity contribution in [2.45, 2.75) is 49.2 Å². The third kappa shape index (κ3) is 11.2. The van der Waals surface area contributed by atoms with Gasteiger partial charge in [0, 0.05) is 32.2 Å². The molecule has 3 rings (SSSR count). The molecule has 1 heterocycles. The number of aliphatic hydroxyl groups is 2. The fraction of sp³-hybridized carbons (Fsp3) is 0.500. The second kappa shape index (κ2) is 17.5. The number of amides is 2. The second-order valence-electron chi connectivity index (χ2n) is 11.3. The largest absolute Gasteiger partial charge is 0.492 e. The number of Topliss-reactive ketones (excluding diaryl/α,β-unsaturated/α-hetero) is 1. The zero-order valence-corrected chi connectivity index (χ0v) is 28.0. The number of rotatable bonds is 19. The maximum absolute atomic E-state index is 13.2. The number of carbonyl (C=O) groups excluding carboxylic acids is 3. The van der Waals surface area contributed by atoms with Gasteiger partial charge in [-0.3, -0.25) is 23.5 Å². The molecule has 2 aromatic rings. The van der Waals surface area contributed by atoms with Crippen LogP contribution in [-0.4, -0.2) is 99.9 Å². The maximum Gasteiger partial charge on any atom is 0.366 e. The topological polar surface area (TPSA) is 238 Å². The van der Waals surface area contributed by atoms with Crippen molar-refractivity contribution < 1.29 is 67.0 Å². The molecule has 0 saturated heterocycles. The van der Waals surface area contributed by atoms with Crippen molar-refractivity contribution in [2.75, 3.05) is 46.2 Å². The lowest BCUT2D eigenvalue weighted by molar-refractivity contribution is -0.124. The first-order valence-electron chi connectivity index (χ1n) is 15.1. The maximum atomic E-state index is 13.2. The lowest BCUT2D eigenvalue weighted by Crippen LogP contribution is -2.33. The van der Waals surface area contributed by atoms with Crippen molar-refractivity contribution >= 4 is 32.6 Å². The van der Waals surface area contributed by atoms with Gasteiger partial charge in [-0.25, -0.2) is 4.39 Å². The van der Waals surface area contributed by atoms with Crippen LogP contribution in [0.25, 0.3) is 0 Å². The number of halogens is 1. The van der Waals surface area contributed by atoms with E-state index in [-0.39, 0.29) is 71.0 Å². The van der Waals surface area contributed by atoms with Gasteiger partial charge in [0.25, 0.3) is 5.91 Å². The van der Waals surface area contributed by atoms with Crippen molar-refractivity contribution in [3.63, 3.8) is 0 Å². The SMILES string of the molecule is CP(=O)(O)C(O)(CCCCC(O)CNC(=O)CCOCCNC(=O)COc1ccc2c(c1)OCC(c1ccc(F)cc1)C2=O)P(=O)(O)O. The number of fused-ring (bicyclic) bond motifs is 1. The quantitative estimate of drug-likeness (QED) is 0.0812. The number of hydrogen-bond acceptors (Lipinski definition) is 10. The van der Waals surface area contributed by atoms with Crippen LogP contribution in [0, 0.1) is 5.82 Å². The zero-order valence-electron chi connectivity index (χ0n) is 26.2. The molecule has 18 heteroatoms. The predicted molar refractivity (Wildman–Crippen MR) is 170 cm³/mol. The lowest BCUT2D eigenvalue weighted by Gasteiger charge is -2.31. The molecular weight excluding hydrogens is 677 g/mol. The molecular formula is C30H41FN2O13P2. The van der Waals surface area contributed by atoms with Gasteiger partial charge in [-0.2, -0.15) is 0 Å². The van der Waals surface area contributed by atoms with Crippen molar-refractivity contribution in [1.29, 1.82) is 0 Å². The first-order valence-corrected chi connectivity index (χ1v) is 18.8. The van der Waals surface area contributed by atoms with Crippen molar-refractivity contribution in [3.05, 3.63) is 59.4 Å². The summed E-state index contributed by atoms with van der Waals surface area (Å²) in [4.78, 5) is 65.2. The fourth-order valence-electron chi connectivity index (χ4n) is 4.78.